The quantitative estimate of drug-likeness (QED) is 0.162. The Balaban J connectivity index is 1.15. The molecular formula is C68H34N4S4. The maximum atomic E-state index is 12.4. The van der Waals surface area contributed by atoms with Gasteiger partial charge in [-0.15, -0.1) is 45.3 Å². The maximum absolute atomic E-state index is 12.4. The van der Waals surface area contributed by atoms with E-state index < -0.39 is 0 Å². The third kappa shape index (κ3) is 5.63. The Kier molecular flexibility index (Phi) is 8.73. The SMILES string of the molecule is [C-]#[N+]c1c(-c2ccc3c(c2)sc2ccccc23)c(C#N)c(-n2c3ccccc3c3ccc4c5ccccc5sc4c32)c(-c2ccc3c(c2)sc2ccccc23)c1-n1c2ccccc2c2ccc3c4ccccc4sc3c21. The molecule has 0 unspecified atom stereocenters. The molecule has 0 aliphatic heterocycles. The number of fused-ring (bicyclic) bond motifs is 20. The molecule has 0 fully saturated rings. The summed E-state index contributed by atoms with van der Waals surface area (Å²) in [5.74, 6) is 0. The normalized spacial score (nSPS) is 12.2. The Morgan fingerprint density at radius 3 is 1.20 bits per heavy atom. The van der Waals surface area contributed by atoms with Crippen LogP contribution in [-0.4, -0.2) is 9.13 Å². The van der Waals surface area contributed by atoms with Crippen LogP contribution in [0.1, 0.15) is 5.56 Å². The molecule has 0 N–H and O–H groups in total. The number of rotatable bonds is 4. The lowest BCUT2D eigenvalue weighted by Gasteiger charge is -2.26. The van der Waals surface area contributed by atoms with E-state index in [4.69, 9.17) is 4.85 Å². The van der Waals surface area contributed by atoms with E-state index in [1.165, 1.54) is 56.5 Å². The summed E-state index contributed by atoms with van der Waals surface area (Å²) in [4.78, 5) is 4.76. The maximum Gasteiger partial charge on any atom is 0.220 e. The topological polar surface area (TPSA) is 38.0 Å². The predicted molar refractivity (Wildman–Crippen MR) is 329 cm³/mol. The van der Waals surface area contributed by atoms with Gasteiger partial charge in [-0.05, 0) is 59.7 Å². The van der Waals surface area contributed by atoms with Gasteiger partial charge in [0, 0.05) is 104 Å². The lowest BCUT2D eigenvalue weighted by Crippen LogP contribution is -2.09. The molecule has 0 amide bonds. The third-order valence-corrected chi connectivity index (χ3v) is 20.4. The van der Waals surface area contributed by atoms with Crippen molar-refractivity contribution in [3.8, 4) is 39.7 Å². The fourth-order valence-corrected chi connectivity index (χ4v) is 17.4. The molecule has 0 saturated carbocycles. The van der Waals surface area contributed by atoms with Gasteiger partial charge in [-0.3, -0.25) is 0 Å². The molecule has 6 heterocycles. The lowest BCUT2D eigenvalue weighted by molar-refractivity contribution is 1.14. The minimum Gasteiger partial charge on any atom is -0.317 e. The Bertz CT molecular complexity index is 5300. The second-order valence-corrected chi connectivity index (χ2v) is 23.9. The van der Waals surface area contributed by atoms with E-state index in [0.29, 0.717) is 16.8 Å². The zero-order valence-corrected chi connectivity index (χ0v) is 43.3. The lowest BCUT2D eigenvalue weighted by atomic mass is 9.88. The number of hydrogen-bond acceptors (Lipinski definition) is 5. The van der Waals surface area contributed by atoms with Crippen LogP contribution in [0.25, 0.3) is 163 Å². The molecule has 0 atom stereocenters. The molecule has 0 saturated heterocycles. The van der Waals surface area contributed by atoms with Crippen LogP contribution in [0.3, 0.4) is 0 Å². The van der Waals surface area contributed by atoms with Crippen LogP contribution in [0.4, 0.5) is 5.69 Å². The predicted octanol–water partition coefficient (Wildman–Crippen LogP) is 21.1. The molecule has 4 nitrogen and oxygen atoms in total. The highest BCUT2D eigenvalue weighted by molar-refractivity contribution is 7.27. The molecule has 0 aliphatic rings. The number of para-hydroxylation sites is 2. The highest BCUT2D eigenvalue weighted by Crippen LogP contribution is 2.55. The van der Waals surface area contributed by atoms with Crippen molar-refractivity contribution in [1.82, 2.24) is 9.13 Å². The standard InChI is InChI=1S/C68H34N4S4/c1-70-62-60(37-26-28-45-41-16-4-10-22-54(41)73-58(45)34-37)51(36-69)63(71-52-20-8-2-14-39(52)47-30-32-49-43-18-6-12-24-56(43)75-67(49)64(47)71)61(38-27-29-46-42-17-5-11-23-55(42)74-59(46)35-38)66(62)72-53-21-9-3-15-40(53)48-31-33-50-44-19-7-13-25-57(44)76-68(50)65(48)72/h2-35H. The summed E-state index contributed by atoms with van der Waals surface area (Å²) in [6.07, 6.45) is 0. The van der Waals surface area contributed by atoms with Crippen molar-refractivity contribution in [2.45, 2.75) is 0 Å². The van der Waals surface area contributed by atoms with E-state index in [1.54, 1.807) is 45.3 Å². The number of thiophene rings is 4. The Hall–Kier alpha value is -9.12. The van der Waals surface area contributed by atoms with E-state index in [-0.39, 0.29) is 0 Å². The van der Waals surface area contributed by atoms with Crippen LogP contribution >= 0.6 is 45.3 Å². The second-order valence-electron chi connectivity index (χ2n) is 19.6. The first kappa shape index (κ1) is 42.3. The monoisotopic (exact) mass is 1030 g/mol. The van der Waals surface area contributed by atoms with Crippen molar-refractivity contribution in [3.63, 3.8) is 0 Å². The molecule has 0 bridgehead atoms. The van der Waals surface area contributed by atoms with Crippen molar-refractivity contribution in [1.29, 1.82) is 5.26 Å². The van der Waals surface area contributed by atoms with Crippen LogP contribution in [0, 0.1) is 17.9 Å². The van der Waals surface area contributed by atoms with Gasteiger partial charge in [0.05, 0.1) is 55.0 Å². The van der Waals surface area contributed by atoms with Gasteiger partial charge in [0.2, 0.25) is 5.69 Å². The molecule has 0 spiro atoms. The van der Waals surface area contributed by atoms with Crippen LogP contribution < -0.4 is 0 Å². The zero-order valence-electron chi connectivity index (χ0n) is 40.1. The molecule has 76 heavy (non-hydrogen) atoms. The fourth-order valence-electron chi connectivity index (χ4n) is 12.6. The van der Waals surface area contributed by atoms with Gasteiger partial charge in [-0.25, -0.2) is 4.85 Å². The summed E-state index contributed by atoms with van der Waals surface area (Å²) in [6, 6.07) is 77.3. The van der Waals surface area contributed by atoms with Gasteiger partial charge in [-0.1, -0.05) is 158 Å². The highest BCUT2D eigenvalue weighted by atomic mass is 32.1. The van der Waals surface area contributed by atoms with Crippen LogP contribution in [0.15, 0.2) is 206 Å². The number of nitrogens with zero attached hydrogens (tertiary/aromatic N) is 4. The fraction of sp³-hybridized carbons (Fsp3) is 0. The number of hydrogen-bond donors (Lipinski definition) is 0. The average molecular weight is 1040 g/mol. The Morgan fingerprint density at radius 2 is 0.724 bits per heavy atom. The van der Waals surface area contributed by atoms with Crippen molar-refractivity contribution < 1.29 is 0 Å². The third-order valence-electron chi connectivity index (χ3n) is 15.8. The molecule has 6 aromatic heterocycles. The summed E-state index contributed by atoms with van der Waals surface area (Å²) in [5, 5.41) is 26.4. The Labute approximate surface area is 449 Å². The van der Waals surface area contributed by atoms with Crippen molar-refractivity contribution in [2.24, 2.45) is 0 Å². The zero-order chi connectivity index (χ0) is 49.9. The van der Waals surface area contributed by atoms with Gasteiger partial charge >= 0.3 is 0 Å². The number of nitriles is 1. The minimum absolute atomic E-state index is 0.431. The van der Waals surface area contributed by atoms with Gasteiger partial charge in [0.1, 0.15) is 6.07 Å². The first-order chi connectivity index (χ1) is 37.6. The number of aromatic nitrogens is 2. The van der Waals surface area contributed by atoms with E-state index in [1.807, 2.05) is 0 Å². The van der Waals surface area contributed by atoms with E-state index in [2.05, 4.69) is 221 Å². The van der Waals surface area contributed by atoms with Crippen LogP contribution in [-0.2, 0) is 0 Å². The van der Waals surface area contributed by atoms with Gasteiger partial charge in [0.15, 0.2) is 0 Å². The molecule has 350 valence electrons. The second kappa shape index (κ2) is 15.7. The molecule has 17 rings (SSSR count). The molecule has 8 heteroatoms. The minimum atomic E-state index is 0.431. The first-order valence-electron chi connectivity index (χ1n) is 25.2. The van der Waals surface area contributed by atoms with Gasteiger partial charge < -0.3 is 9.13 Å². The molecule has 17 aromatic rings. The van der Waals surface area contributed by atoms with Crippen molar-refractivity contribution >= 4 is 175 Å². The Morgan fingerprint density at radius 1 is 0.355 bits per heavy atom. The molecule has 11 aromatic carbocycles. The smallest absolute Gasteiger partial charge is 0.220 e. The van der Waals surface area contributed by atoms with Crippen LogP contribution in [0.5, 0.6) is 0 Å². The van der Waals surface area contributed by atoms with Gasteiger partial charge in [-0.2, -0.15) is 5.26 Å². The summed E-state index contributed by atoms with van der Waals surface area (Å²) in [5.41, 5.74) is 9.67. The van der Waals surface area contributed by atoms with E-state index >= 15 is 0 Å². The average Bonchev–Trinajstić information content (AvgIpc) is 4.50. The van der Waals surface area contributed by atoms with Gasteiger partial charge in [0.25, 0.3) is 0 Å². The molecule has 0 radical (unpaired) electrons. The molecule has 0 aliphatic carbocycles. The van der Waals surface area contributed by atoms with E-state index in [9.17, 15) is 11.8 Å². The largest absolute Gasteiger partial charge is 0.317 e. The first-order valence-corrected chi connectivity index (χ1v) is 28.4. The summed E-state index contributed by atoms with van der Waals surface area (Å²) in [7, 11) is 0. The highest BCUT2D eigenvalue weighted by Gasteiger charge is 2.33. The summed E-state index contributed by atoms with van der Waals surface area (Å²) >= 11 is 7.14. The number of benzene rings is 11. The molecular weight excluding hydrogens is 1000 g/mol. The van der Waals surface area contributed by atoms with E-state index in [0.717, 1.165) is 95.9 Å². The summed E-state index contributed by atoms with van der Waals surface area (Å²) < 4.78 is 14.2. The van der Waals surface area contributed by atoms with Crippen LogP contribution in [0.2, 0.25) is 0 Å². The summed E-state index contributed by atoms with van der Waals surface area (Å²) in [6.45, 7) is 9.71. The van der Waals surface area contributed by atoms with Crippen molar-refractivity contribution in [3.05, 3.63) is 223 Å². The van der Waals surface area contributed by atoms with Crippen molar-refractivity contribution in [2.75, 3.05) is 0 Å².